The number of hydrogen-bond acceptors (Lipinski definition) is 4. The quantitative estimate of drug-likeness (QED) is 0.660. The molecule has 0 aliphatic carbocycles. The number of nitrogens with zero attached hydrogens (tertiary/aromatic N) is 5. The van der Waals surface area contributed by atoms with Crippen LogP contribution in [0.2, 0.25) is 5.15 Å². The van der Waals surface area contributed by atoms with E-state index in [-0.39, 0.29) is 12.1 Å². The van der Waals surface area contributed by atoms with E-state index in [9.17, 15) is 4.79 Å². The van der Waals surface area contributed by atoms with Crippen LogP contribution in [0.1, 0.15) is 5.82 Å². The lowest BCUT2D eigenvalue weighted by Gasteiger charge is -2.06. The van der Waals surface area contributed by atoms with Crippen molar-refractivity contribution in [2.75, 3.05) is 0 Å². The molecule has 0 saturated heterocycles. The third kappa shape index (κ3) is 2.34. The summed E-state index contributed by atoms with van der Waals surface area (Å²) in [4.78, 5) is 20.4. The second-order valence-electron chi connectivity index (χ2n) is 4.25. The minimum atomic E-state index is -0.127. The van der Waals surface area contributed by atoms with E-state index in [1.54, 1.807) is 30.2 Å². The molecule has 20 heavy (non-hydrogen) atoms. The molecule has 0 aliphatic heterocycles. The van der Waals surface area contributed by atoms with E-state index < -0.39 is 0 Å². The number of fused-ring (bicyclic) bond motifs is 1. The number of pyridine rings is 1. The first-order valence-electron chi connectivity index (χ1n) is 5.75. The van der Waals surface area contributed by atoms with Crippen molar-refractivity contribution in [2.24, 2.45) is 7.05 Å². The summed E-state index contributed by atoms with van der Waals surface area (Å²) >= 11 is 9.44. The second kappa shape index (κ2) is 4.99. The van der Waals surface area contributed by atoms with Crippen molar-refractivity contribution in [3.8, 4) is 0 Å². The van der Waals surface area contributed by atoms with E-state index in [1.807, 2.05) is 0 Å². The molecule has 0 bridgehead atoms. The van der Waals surface area contributed by atoms with Crippen LogP contribution >= 0.6 is 27.5 Å². The molecule has 6 nitrogen and oxygen atoms in total. The zero-order valence-corrected chi connectivity index (χ0v) is 12.8. The highest BCUT2D eigenvalue weighted by atomic mass is 79.9. The Morgan fingerprint density at radius 2 is 2.15 bits per heavy atom. The fourth-order valence-corrected chi connectivity index (χ4v) is 2.49. The molecule has 0 atom stereocenters. The van der Waals surface area contributed by atoms with E-state index in [2.05, 4.69) is 31.0 Å². The highest BCUT2D eigenvalue weighted by molar-refractivity contribution is 9.10. The highest BCUT2D eigenvalue weighted by Crippen LogP contribution is 2.19. The van der Waals surface area contributed by atoms with Gasteiger partial charge < -0.3 is 4.57 Å². The van der Waals surface area contributed by atoms with Crippen molar-refractivity contribution >= 4 is 38.6 Å². The monoisotopic (exact) mass is 353 g/mol. The minimum Gasteiger partial charge on any atom is -0.307 e. The summed E-state index contributed by atoms with van der Waals surface area (Å²) in [5.74, 6) is 0.464. The number of aryl methyl sites for hydroxylation is 1. The molecule has 3 aromatic rings. The predicted octanol–water partition coefficient (Wildman–Crippen LogP) is 1.99. The molecule has 0 unspecified atom stereocenters. The Hall–Kier alpha value is -1.73. The number of aromatic nitrogens is 5. The number of rotatable bonds is 2. The summed E-state index contributed by atoms with van der Waals surface area (Å²) < 4.78 is 3.94. The van der Waals surface area contributed by atoms with Crippen LogP contribution in [0.5, 0.6) is 0 Å². The Labute approximate surface area is 127 Å². The Balaban J connectivity index is 2.08. The first-order valence-corrected chi connectivity index (χ1v) is 6.92. The third-order valence-corrected chi connectivity index (χ3v) is 3.61. The minimum absolute atomic E-state index is 0.127. The predicted molar refractivity (Wildman–Crippen MR) is 78.8 cm³/mol. The molecule has 8 heteroatoms. The van der Waals surface area contributed by atoms with Crippen LogP contribution in [-0.2, 0) is 13.6 Å². The van der Waals surface area contributed by atoms with Gasteiger partial charge in [0.15, 0.2) is 11.5 Å². The summed E-state index contributed by atoms with van der Waals surface area (Å²) in [7, 11) is 1.78. The topological polar surface area (TPSA) is 65.6 Å². The Bertz CT molecular complexity index is 857. The van der Waals surface area contributed by atoms with Crippen LogP contribution in [0.4, 0.5) is 0 Å². The van der Waals surface area contributed by atoms with Gasteiger partial charge in [0.05, 0.1) is 18.1 Å². The molecule has 3 heterocycles. The Kier molecular flexibility index (Phi) is 3.31. The van der Waals surface area contributed by atoms with Gasteiger partial charge in [0, 0.05) is 23.8 Å². The molecule has 102 valence electrons. The molecular weight excluding hydrogens is 346 g/mol. The van der Waals surface area contributed by atoms with E-state index in [0.717, 1.165) is 4.47 Å². The first-order chi connectivity index (χ1) is 9.54. The largest absolute Gasteiger partial charge is 0.307 e. The Morgan fingerprint density at radius 3 is 2.95 bits per heavy atom. The van der Waals surface area contributed by atoms with Gasteiger partial charge in [0.1, 0.15) is 5.15 Å². The van der Waals surface area contributed by atoms with Crippen LogP contribution in [0.25, 0.3) is 11.0 Å². The third-order valence-electron chi connectivity index (χ3n) is 2.85. The van der Waals surface area contributed by atoms with Gasteiger partial charge >= 0.3 is 0 Å². The molecule has 0 spiro atoms. The molecular formula is C12H9BrClN5O. The SMILES string of the molecule is Cn1ncc2c(Cl)nc(Cn3cc(Br)ccc3=O)nc21. The molecule has 0 aliphatic rings. The van der Waals surface area contributed by atoms with Gasteiger partial charge in [-0.2, -0.15) is 5.10 Å². The van der Waals surface area contributed by atoms with Gasteiger partial charge in [0.25, 0.3) is 5.56 Å². The maximum atomic E-state index is 11.8. The van der Waals surface area contributed by atoms with E-state index in [0.29, 0.717) is 22.0 Å². The summed E-state index contributed by atoms with van der Waals surface area (Å²) in [6.45, 7) is 0.249. The van der Waals surface area contributed by atoms with E-state index in [4.69, 9.17) is 11.6 Å². The van der Waals surface area contributed by atoms with Crippen LogP contribution < -0.4 is 5.56 Å². The van der Waals surface area contributed by atoms with Gasteiger partial charge in [-0.3, -0.25) is 9.48 Å². The van der Waals surface area contributed by atoms with Crippen molar-refractivity contribution < 1.29 is 0 Å². The Morgan fingerprint density at radius 1 is 1.35 bits per heavy atom. The van der Waals surface area contributed by atoms with Crippen molar-refractivity contribution in [3.63, 3.8) is 0 Å². The first kappa shape index (κ1) is 13.3. The smallest absolute Gasteiger partial charge is 0.250 e. The molecule has 0 fully saturated rings. The van der Waals surface area contributed by atoms with Crippen molar-refractivity contribution in [1.82, 2.24) is 24.3 Å². The maximum Gasteiger partial charge on any atom is 0.250 e. The molecule has 3 aromatic heterocycles. The lowest BCUT2D eigenvalue weighted by Crippen LogP contribution is -2.20. The second-order valence-corrected chi connectivity index (χ2v) is 5.52. The summed E-state index contributed by atoms with van der Waals surface area (Å²) in [5, 5.41) is 5.12. The zero-order valence-electron chi connectivity index (χ0n) is 10.4. The van der Waals surface area contributed by atoms with Crippen molar-refractivity contribution in [3.05, 3.63) is 50.3 Å². The molecule has 0 saturated carbocycles. The molecule has 0 radical (unpaired) electrons. The number of hydrogen-bond donors (Lipinski definition) is 0. The highest BCUT2D eigenvalue weighted by Gasteiger charge is 2.10. The van der Waals surface area contributed by atoms with Crippen LogP contribution in [0, 0.1) is 0 Å². The average Bonchev–Trinajstić information content (AvgIpc) is 2.77. The van der Waals surface area contributed by atoms with E-state index >= 15 is 0 Å². The van der Waals surface area contributed by atoms with Gasteiger partial charge in [0.2, 0.25) is 0 Å². The molecule has 0 aromatic carbocycles. The van der Waals surface area contributed by atoms with Gasteiger partial charge in [-0.25, -0.2) is 9.97 Å². The van der Waals surface area contributed by atoms with Crippen molar-refractivity contribution in [2.45, 2.75) is 6.54 Å². The average molecular weight is 355 g/mol. The summed E-state index contributed by atoms with van der Waals surface area (Å²) in [5.41, 5.74) is 0.515. The lowest BCUT2D eigenvalue weighted by molar-refractivity contribution is 0.709. The zero-order chi connectivity index (χ0) is 14.3. The summed E-state index contributed by atoms with van der Waals surface area (Å²) in [6.07, 6.45) is 3.31. The molecule has 3 rings (SSSR count). The fraction of sp³-hybridized carbons (Fsp3) is 0.167. The van der Waals surface area contributed by atoms with Crippen LogP contribution in [-0.4, -0.2) is 24.3 Å². The standard InChI is InChI=1S/C12H9BrClN5O/c1-18-12-8(4-15-18)11(14)16-9(17-12)6-19-5-7(13)2-3-10(19)20/h2-5H,6H2,1H3. The van der Waals surface area contributed by atoms with Crippen LogP contribution in [0.3, 0.4) is 0 Å². The lowest BCUT2D eigenvalue weighted by atomic mass is 10.4. The van der Waals surface area contributed by atoms with Crippen LogP contribution in [0.15, 0.2) is 33.8 Å². The normalized spacial score (nSPS) is 11.2. The molecule has 0 N–H and O–H groups in total. The maximum absolute atomic E-state index is 11.8. The molecule has 0 amide bonds. The number of halogens is 2. The van der Waals surface area contributed by atoms with Gasteiger partial charge in [-0.15, -0.1) is 0 Å². The van der Waals surface area contributed by atoms with E-state index in [1.165, 1.54) is 10.6 Å². The van der Waals surface area contributed by atoms with Gasteiger partial charge in [-0.05, 0) is 22.0 Å². The van der Waals surface area contributed by atoms with Gasteiger partial charge in [-0.1, -0.05) is 11.6 Å². The summed E-state index contributed by atoms with van der Waals surface area (Å²) in [6, 6.07) is 3.17. The van der Waals surface area contributed by atoms with Crippen molar-refractivity contribution in [1.29, 1.82) is 0 Å². The fourth-order valence-electron chi connectivity index (χ4n) is 1.88.